The second-order valence-corrected chi connectivity index (χ2v) is 11.6. The van der Waals surface area contributed by atoms with E-state index in [1.54, 1.807) is 43.3 Å². The van der Waals surface area contributed by atoms with Crippen molar-refractivity contribution in [3.05, 3.63) is 88.4 Å². The van der Waals surface area contributed by atoms with Crippen LogP contribution in [0.15, 0.2) is 71.6 Å². The van der Waals surface area contributed by atoms with Crippen molar-refractivity contribution in [3.8, 4) is 0 Å². The molecule has 32 heavy (non-hydrogen) atoms. The number of anilines is 2. The molecule has 10 heteroatoms. The van der Waals surface area contributed by atoms with Crippen LogP contribution in [0.3, 0.4) is 0 Å². The van der Waals surface area contributed by atoms with Gasteiger partial charge in [-0.05, 0) is 60.5 Å². The summed E-state index contributed by atoms with van der Waals surface area (Å²) in [6.07, 6.45) is 1.14. The van der Waals surface area contributed by atoms with Crippen molar-refractivity contribution in [2.75, 3.05) is 16.3 Å². The monoisotopic (exact) mass is 492 g/mol. The molecule has 3 aromatic rings. The number of sulfonamides is 1. The predicted molar refractivity (Wildman–Crippen MR) is 126 cm³/mol. The molecule has 0 aliphatic heterocycles. The van der Waals surface area contributed by atoms with E-state index >= 15 is 0 Å². The molecule has 0 heterocycles. The molecule has 0 aliphatic rings. The fourth-order valence-corrected chi connectivity index (χ4v) is 4.98. The smallest absolute Gasteiger partial charge is 0.261 e. The fourth-order valence-electron chi connectivity index (χ4n) is 2.92. The van der Waals surface area contributed by atoms with Crippen LogP contribution in [0.25, 0.3) is 0 Å². The van der Waals surface area contributed by atoms with Crippen molar-refractivity contribution in [1.82, 2.24) is 0 Å². The van der Waals surface area contributed by atoms with Crippen molar-refractivity contribution < 1.29 is 21.6 Å². The van der Waals surface area contributed by atoms with Crippen molar-refractivity contribution in [1.29, 1.82) is 0 Å². The quantitative estimate of drug-likeness (QED) is 0.512. The third-order valence-corrected chi connectivity index (χ3v) is 6.96. The number of sulfone groups is 1. The number of rotatable bonds is 7. The summed E-state index contributed by atoms with van der Waals surface area (Å²) in [7, 11) is -7.09. The Balaban J connectivity index is 1.80. The van der Waals surface area contributed by atoms with E-state index < -0.39 is 25.8 Å². The first-order valence-electron chi connectivity index (χ1n) is 9.40. The lowest BCUT2D eigenvalue weighted by Crippen LogP contribution is -2.16. The highest BCUT2D eigenvalue weighted by molar-refractivity contribution is 7.92. The molecule has 2 N–H and O–H groups in total. The van der Waals surface area contributed by atoms with Crippen LogP contribution in [0, 0.1) is 6.92 Å². The van der Waals surface area contributed by atoms with Crippen molar-refractivity contribution in [3.63, 3.8) is 0 Å². The van der Waals surface area contributed by atoms with Gasteiger partial charge >= 0.3 is 0 Å². The third-order valence-electron chi connectivity index (χ3n) is 4.49. The maximum absolute atomic E-state index is 12.8. The summed E-state index contributed by atoms with van der Waals surface area (Å²) in [4.78, 5) is 12.6. The largest absolute Gasteiger partial charge is 0.322 e. The topological polar surface area (TPSA) is 109 Å². The maximum Gasteiger partial charge on any atom is 0.261 e. The molecule has 0 spiro atoms. The van der Waals surface area contributed by atoms with E-state index in [0.29, 0.717) is 33.1 Å². The van der Waals surface area contributed by atoms with E-state index in [2.05, 4.69) is 10.0 Å². The molecule has 0 atom stereocenters. The molecular weight excluding hydrogens is 472 g/mol. The number of amides is 1. The van der Waals surface area contributed by atoms with Gasteiger partial charge in [-0.3, -0.25) is 9.52 Å². The van der Waals surface area contributed by atoms with Gasteiger partial charge in [0.05, 0.1) is 16.3 Å². The number of hydrogen-bond donors (Lipinski definition) is 2. The lowest BCUT2D eigenvalue weighted by atomic mass is 10.1. The van der Waals surface area contributed by atoms with Crippen LogP contribution < -0.4 is 10.0 Å². The minimum atomic E-state index is -3.91. The van der Waals surface area contributed by atoms with E-state index in [4.69, 9.17) is 11.6 Å². The van der Waals surface area contributed by atoms with Crippen LogP contribution in [0.1, 0.15) is 21.5 Å². The highest BCUT2D eigenvalue weighted by atomic mass is 35.5. The zero-order valence-corrected chi connectivity index (χ0v) is 19.7. The van der Waals surface area contributed by atoms with Gasteiger partial charge in [-0.2, -0.15) is 0 Å². The predicted octanol–water partition coefficient (Wildman–Crippen LogP) is 4.25. The number of benzene rings is 3. The molecule has 0 aliphatic carbocycles. The standard InChI is InChI=1S/C22H21ClN2O5S2/c1-15-6-11-20(32(29,30)25-19-5-3-4-18(23)12-19)13-21(15)24-22(26)17-9-7-16(8-10-17)14-31(2,27)28/h3-13,25H,14H2,1-2H3,(H,24,26). The van der Waals surface area contributed by atoms with E-state index in [1.165, 1.54) is 30.3 Å². The lowest BCUT2D eigenvalue weighted by Gasteiger charge is -2.13. The average Bonchev–Trinajstić information content (AvgIpc) is 2.68. The normalized spacial score (nSPS) is 11.7. The van der Waals surface area contributed by atoms with Gasteiger partial charge in [0.2, 0.25) is 0 Å². The summed E-state index contributed by atoms with van der Waals surface area (Å²) >= 11 is 5.91. The number of carbonyl (C=O) groups excluding carboxylic acids is 1. The van der Waals surface area contributed by atoms with Crippen molar-refractivity contribution in [2.24, 2.45) is 0 Å². The van der Waals surface area contributed by atoms with Crippen LogP contribution >= 0.6 is 11.6 Å². The lowest BCUT2D eigenvalue weighted by molar-refractivity contribution is 0.102. The Morgan fingerprint density at radius 2 is 1.62 bits per heavy atom. The molecule has 7 nitrogen and oxygen atoms in total. The number of nitrogens with one attached hydrogen (secondary N) is 2. The summed E-state index contributed by atoms with van der Waals surface area (Å²) < 4.78 is 50.8. The van der Waals surface area contributed by atoms with E-state index in [1.807, 2.05) is 0 Å². The average molecular weight is 493 g/mol. The van der Waals surface area contributed by atoms with Crippen LogP contribution in [-0.2, 0) is 25.6 Å². The van der Waals surface area contributed by atoms with Gasteiger partial charge < -0.3 is 5.32 Å². The SMILES string of the molecule is Cc1ccc(S(=O)(=O)Nc2cccc(Cl)c2)cc1NC(=O)c1ccc(CS(C)(=O)=O)cc1. The Hall–Kier alpha value is -2.88. The first-order valence-corrected chi connectivity index (χ1v) is 13.3. The maximum atomic E-state index is 12.8. The first-order chi connectivity index (χ1) is 14.9. The highest BCUT2D eigenvalue weighted by Crippen LogP contribution is 2.24. The first kappa shape index (κ1) is 23.8. The van der Waals surface area contributed by atoms with E-state index in [9.17, 15) is 21.6 Å². The zero-order chi connectivity index (χ0) is 23.5. The molecule has 0 saturated heterocycles. The Kier molecular flexibility index (Phi) is 6.92. The van der Waals surface area contributed by atoms with Gasteiger partial charge in [-0.25, -0.2) is 16.8 Å². The Labute approximate surface area is 192 Å². The van der Waals surface area contributed by atoms with Gasteiger partial charge in [-0.15, -0.1) is 0 Å². The highest BCUT2D eigenvalue weighted by Gasteiger charge is 2.17. The second kappa shape index (κ2) is 9.32. The van der Waals surface area contributed by atoms with Gasteiger partial charge in [0.15, 0.2) is 9.84 Å². The molecule has 0 aromatic heterocycles. The molecule has 168 valence electrons. The molecule has 0 fully saturated rings. The Morgan fingerprint density at radius 1 is 0.938 bits per heavy atom. The molecule has 3 rings (SSSR count). The molecule has 1 amide bonds. The fraction of sp³-hybridized carbons (Fsp3) is 0.136. The van der Waals surface area contributed by atoms with Crippen molar-refractivity contribution in [2.45, 2.75) is 17.6 Å². The van der Waals surface area contributed by atoms with E-state index in [0.717, 1.165) is 6.26 Å². The number of hydrogen-bond acceptors (Lipinski definition) is 5. The van der Waals surface area contributed by atoms with Crippen LogP contribution in [0.4, 0.5) is 11.4 Å². The molecule has 0 saturated carbocycles. The molecule has 0 unspecified atom stereocenters. The Bertz CT molecular complexity index is 1370. The molecule has 0 bridgehead atoms. The number of carbonyl (C=O) groups is 1. The Morgan fingerprint density at radius 3 is 2.25 bits per heavy atom. The molecule has 0 radical (unpaired) electrons. The third kappa shape index (κ3) is 6.32. The summed E-state index contributed by atoms with van der Waals surface area (Å²) in [6, 6.07) is 16.9. The van der Waals surface area contributed by atoms with Gasteiger partial charge in [-0.1, -0.05) is 35.9 Å². The minimum absolute atomic E-state index is 0.0260. The van der Waals surface area contributed by atoms with Crippen molar-refractivity contribution >= 4 is 48.7 Å². The molecular formula is C22H21ClN2O5S2. The molecule has 3 aromatic carbocycles. The van der Waals surface area contributed by atoms with Crippen LogP contribution in [-0.4, -0.2) is 29.0 Å². The van der Waals surface area contributed by atoms with E-state index in [-0.39, 0.29) is 10.6 Å². The summed E-state index contributed by atoms with van der Waals surface area (Å²) in [5.74, 6) is -0.565. The van der Waals surface area contributed by atoms with Crippen LogP contribution in [0.5, 0.6) is 0 Å². The van der Waals surface area contributed by atoms with Gasteiger partial charge in [0.1, 0.15) is 0 Å². The summed E-state index contributed by atoms with van der Waals surface area (Å²) in [5.41, 5.74) is 2.21. The summed E-state index contributed by atoms with van der Waals surface area (Å²) in [6.45, 7) is 1.74. The zero-order valence-electron chi connectivity index (χ0n) is 17.3. The number of halogens is 1. The van der Waals surface area contributed by atoms with Gasteiger partial charge in [0.25, 0.3) is 15.9 Å². The van der Waals surface area contributed by atoms with Gasteiger partial charge in [0, 0.05) is 22.5 Å². The summed E-state index contributed by atoms with van der Waals surface area (Å²) in [5, 5.41) is 3.10. The van der Waals surface area contributed by atoms with Crippen LogP contribution in [0.2, 0.25) is 5.02 Å². The second-order valence-electron chi connectivity index (χ2n) is 7.31. The number of aryl methyl sites for hydroxylation is 1. The minimum Gasteiger partial charge on any atom is -0.322 e.